The second-order valence-electron chi connectivity index (χ2n) is 3.35. The third kappa shape index (κ3) is 2.63. The minimum absolute atomic E-state index is 0.326. The highest BCUT2D eigenvalue weighted by Crippen LogP contribution is 2.24. The Labute approximate surface area is 102 Å². The van der Waals surface area contributed by atoms with Gasteiger partial charge in [-0.3, -0.25) is 0 Å². The molecule has 0 spiro atoms. The fraction of sp³-hybridized carbons (Fsp3) is 0.500. The monoisotopic (exact) mass is 280 g/mol. The maximum atomic E-state index is 12.0. The molecule has 1 heterocycles. The first-order chi connectivity index (χ1) is 7.82. The molecule has 0 fully saturated rings. The molecule has 0 aliphatic heterocycles. The molecule has 1 atom stereocenters. The number of aromatic nitrogens is 1. The quantitative estimate of drug-likeness (QED) is 0.776. The van der Waals surface area contributed by atoms with Crippen molar-refractivity contribution in [3.63, 3.8) is 0 Å². The van der Waals surface area contributed by atoms with Crippen LogP contribution < -0.4 is 0 Å². The number of carbonyl (C=O) groups is 1. The first-order valence-electron chi connectivity index (χ1n) is 4.58. The van der Waals surface area contributed by atoms with Crippen molar-refractivity contribution in [2.75, 3.05) is 13.7 Å². The van der Waals surface area contributed by atoms with E-state index in [2.05, 4.69) is 4.98 Å². The van der Waals surface area contributed by atoms with E-state index in [1.807, 2.05) is 0 Å². The summed E-state index contributed by atoms with van der Waals surface area (Å²) >= 11 is 0.738. The molecule has 1 aromatic rings. The number of sulfonamides is 1. The Balaban J connectivity index is 3.22. The molecular weight excluding hydrogens is 268 g/mol. The Morgan fingerprint density at radius 2 is 2.24 bits per heavy atom. The lowest BCUT2D eigenvalue weighted by molar-refractivity contribution is 0.0687. The van der Waals surface area contributed by atoms with Crippen LogP contribution in [0.1, 0.15) is 17.4 Å². The second-order valence-corrected chi connectivity index (χ2v) is 6.39. The zero-order valence-corrected chi connectivity index (χ0v) is 10.8. The molecule has 7 nitrogen and oxygen atoms in total. The van der Waals surface area contributed by atoms with E-state index in [-0.39, 0.29) is 10.8 Å². The maximum absolute atomic E-state index is 12.0. The van der Waals surface area contributed by atoms with E-state index in [1.165, 1.54) is 14.0 Å². The van der Waals surface area contributed by atoms with Gasteiger partial charge in [0.1, 0.15) is 0 Å². The molecule has 9 heteroatoms. The van der Waals surface area contributed by atoms with Crippen molar-refractivity contribution >= 4 is 27.3 Å². The summed E-state index contributed by atoms with van der Waals surface area (Å²) < 4.78 is 24.7. The van der Waals surface area contributed by atoms with Gasteiger partial charge in [-0.2, -0.15) is 4.31 Å². The normalized spacial score (nSPS) is 13.9. The van der Waals surface area contributed by atoms with E-state index in [0.717, 1.165) is 21.2 Å². The molecule has 0 aliphatic carbocycles. The number of aromatic carboxylic acids is 1. The summed E-state index contributed by atoms with van der Waals surface area (Å²) in [4.78, 5) is 14.3. The van der Waals surface area contributed by atoms with E-state index >= 15 is 0 Å². The molecule has 17 heavy (non-hydrogen) atoms. The van der Waals surface area contributed by atoms with Gasteiger partial charge in [0.05, 0.1) is 12.1 Å². The molecule has 1 aromatic heterocycles. The number of rotatable bonds is 5. The lowest BCUT2D eigenvalue weighted by atomic mass is 10.4. The number of aliphatic hydroxyl groups excluding tert-OH is 1. The first-order valence-corrected chi connectivity index (χ1v) is 6.90. The van der Waals surface area contributed by atoms with Gasteiger partial charge in [-0.15, -0.1) is 11.3 Å². The molecule has 0 amide bonds. The number of carboxylic acid groups (broad SMARTS) is 1. The Morgan fingerprint density at radius 3 is 2.71 bits per heavy atom. The van der Waals surface area contributed by atoms with Crippen LogP contribution in [0.3, 0.4) is 0 Å². The van der Waals surface area contributed by atoms with Gasteiger partial charge in [-0.25, -0.2) is 18.2 Å². The molecular formula is C8H12N2O5S2. The summed E-state index contributed by atoms with van der Waals surface area (Å²) in [6, 6.07) is -0.635. The van der Waals surface area contributed by atoms with E-state index in [0.29, 0.717) is 0 Å². The van der Waals surface area contributed by atoms with Crippen molar-refractivity contribution in [1.29, 1.82) is 0 Å². The van der Waals surface area contributed by atoms with Crippen LogP contribution in [-0.2, 0) is 10.0 Å². The molecule has 1 unspecified atom stereocenters. The average molecular weight is 280 g/mol. The number of hydrogen-bond acceptors (Lipinski definition) is 6. The fourth-order valence-electron chi connectivity index (χ4n) is 1.04. The van der Waals surface area contributed by atoms with Crippen molar-refractivity contribution in [3.05, 3.63) is 11.2 Å². The summed E-state index contributed by atoms with van der Waals surface area (Å²) in [5, 5.41) is 17.7. The van der Waals surface area contributed by atoms with Gasteiger partial charge in [-0.1, -0.05) is 0 Å². The predicted molar refractivity (Wildman–Crippen MR) is 60.6 cm³/mol. The zero-order valence-electron chi connectivity index (χ0n) is 9.19. The zero-order chi connectivity index (χ0) is 13.2. The summed E-state index contributed by atoms with van der Waals surface area (Å²) in [7, 11) is -2.65. The highest BCUT2D eigenvalue weighted by molar-refractivity contribution is 7.91. The number of nitrogens with zero attached hydrogens (tertiary/aromatic N) is 2. The third-order valence-corrected chi connectivity index (χ3v) is 5.55. The number of carboxylic acids is 1. The molecule has 0 radical (unpaired) electrons. The standard InChI is InChI=1S/C8H12N2O5S2/c1-5(3-11)10(2)17(14,15)8-6(7(12)13)9-4-16-8/h4-5,11H,3H2,1-2H3,(H,12,13). The van der Waals surface area contributed by atoms with E-state index in [4.69, 9.17) is 10.2 Å². The fourth-order valence-corrected chi connectivity index (χ4v) is 3.70. The van der Waals surface area contributed by atoms with Crippen LogP contribution in [0.15, 0.2) is 9.72 Å². The van der Waals surface area contributed by atoms with Crippen LogP contribution in [0.25, 0.3) is 0 Å². The van der Waals surface area contributed by atoms with Crippen LogP contribution in [-0.4, -0.2) is 53.6 Å². The molecule has 0 bridgehead atoms. The highest BCUT2D eigenvalue weighted by atomic mass is 32.2. The molecule has 96 valence electrons. The van der Waals surface area contributed by atoms with Gasteiger partial charge in [-0.05, 0) is 6.92 Å². The van der Waals surface area contributed by atoms with Gasteiger partial charge in [0, 0.05) is 13.1 Å². The SMILES string of the molecule is CC(CO)N(C)S(=O)(=O)c1scnc1C(=O)O. The lowest BCUT2D eigenvalue weighted by Gasteiger charge is -2.21. The smallest absolute Gasteiger partial charge is 0.356 e. The molecule has 0 aromatic carbocycles. The predicted octanol–water partition coefficient (Wildman–Crippen LogP) is -0.157. The Hall–Kier alpha value is -1.03. The van der Waals surface area contributed by atoms with E-state index in [9.17, 15) is 13.2 Å². The summed E-state index contributed by atoms with van der Waals surface area (Å²) in [5.41, 5.74) is 0.667. The lowest BCUT2D eigenvalue weighted by Crippen LogP contribution is -2.37. The minimum atomic E-state index is -3.93. The Morgan fingerprint density at radius 1 is 1.65 bits per heavy atom. The Bertz CT molecular complexity index is 510. The maximum Gasteiger partial charge on any atom is 0.356 e. The largest absolute Gasteiger partial charge is 0.476 e. The van der Waals surface area contributed by atoms with Crippen molar-refractivity contribution in [2.45, 2.75) is 17.2 Å². The minimum Gasteiger partial charge on any atom is -0.476 e. The second kappa shape index (κ2) is 5.08. The van der Waals surface area contributed by atoms with Gasteiger partial charge >= 0.3 is 5.97 Å². The third-order valence-electron chi connectivity index (χ3n) is 2.24. The van der Waals surface area contributed by atoms with Crippen LogP contribution in [0.4, 0.5) is 0 Å². The number of aliphatic hydroxyl groups is 1. The van der Waals surface area contributed by atoms with Crippen LogP contribution in [0, 0.1) is 0 Å². The highest BCUT2D eigenvalue weighted by Gasteiger charge is 2.31. The molecule has 2 N–H and O–H groups in total. The van der Waals surface area contributed by atoms with Crippen LogP contribution in [0.5, 0.6) is 0 Å². The number of thiazole rings is 1. The van der Waals surface area contributed by atoms with Crippen molar-refractivity contribution in [1.82, 2.24) is 9.29 Å². The molecule has 0 saturated carbocycles. The van der Waals surface area contributed by atoms with Gasteiger partial charge < -0.3 is 10.2 Å². The van der Waals surface area contributed by atoms with Crippen LogP contribution in [0.2, 0.25) is 0 Å². The van der Waals surface area contributed by atoms with Gasteiger partial charge in [0.25, 0.3) is 10.0 Å². The summed E-state index contributed by atoms with van der Waals surface area (Å²) in [6.45, 7) is 1.16. The topological polar surface area (TPSA) is 108 Å². The van der Waals surface area contributed by atoms with E-state index < -0.39 is 27.7 Å². The van der Waals surface area contributed by atoms with Crippen molar-refractivity contribution < 1.29 is 23.4 Å². The summed E-state index contributed by atoms with van der Waals surface area (Å²) in [6.07, 6.45) is 0. The van der Waals surface area contributed by atoms with Crippen LogP contribution >= 0.6 is 11.3 Å². The summed E-state index contributed by atoms with van der Waals surface area (Å²) in [5.74, 6) is -1.39. The van der Waals surface area contributed by atoms with E-state index in [1.54, 1.807) is 0 Å². The molecule has 1 rings (SSSR count). The number of hydrogen-bond donors (Lipinski definition) is 2. The van der Waals surface area contributed by atoms with Gasteiger partial charge in [0.15, 0.2) is 9.90 Å². The Kier molecular flexibility index (Phi) is 4.20. The molecule has 0 aliphatic rings. The molecule has 0 saturated heterocycles. The average Bonchev–Trinajstić information content (AvgIpc) is 2.76. The first kappa shape index (κ1) is 14.0. The van der Waals surface area contributed by atoms with Crippen molar-refractivity contribution in [3.8, 4) is 0 Å². The number of likely N-dealkylation sites (N-methyl/N-ethyl adjacent to an activating group) is 1. The van der Waals surface area contributed by atoms with Crippen molar-refractivity contribution in [2.24, 2.45) is 0 Å². The van der Waals surface area contributed by atoms with Gasteiger partial charge in [0.2, 0.25) is 0 Å².